The van der Waals surface area contributed by atoms with Gasteiger partial charge in [-0.15, -0.1) is 0 Å². The summed E-state index contributed by atoms with van der Waals surface area (Å²) in [6.45, 7) is 12.5. The van der Waals surface area contributed by atoms with Crippen LogP contribution in [0.25, 0.3) is 0 Å². The summed E-state index contributed by atoms with van der Waals surface area (Å²) in [4.78, 5) is 27.1. The molecule has 1 fully saturated rings. The number of nitrogens with one attached hydrogen (secondary N) is 2. The summed E-state index contributed by atoms with van der Waals surface area (Å²) in [7, 11) is 0. The van der Waals surface area contributed by atoms with Crippen molar-refractivity contribution in [3.05, 3.63) is 0 Å². The normalized spacial score (nSPS) is 17.2. The van der Waals surface area contributed by atoms with Gasteiger partial charge in [-0.3, -0.25) is 14.5 Å². The Kier molecular flexibility index (Phi) is 7.54. The number of amides is 2. The van der Waals surface area contributed by atoms with Crippen molar-refractivity contribution in [1.82, 2.24) is 20.4 Å². The first kappa shape index (κ1) is 16.9. The maximum absolute atomic E-state index is 11.7. The number of hydrogen-bond donors (Lipinski definition) is 2. The van der Waals surface area contributed by atoms with E-state index >= 15 is 0 Å². The molecule has 2 amide bonds. The molecule has 0 aromatic heterocycles. The Morgan fingerprint density at radius 1 is 1.00 bits per heavy atom. The SMILES string of the molecule is CC(=O)NCCNC(=O)CN1CCN(CC(C)C)CC1. The number of nitrogens with zero attached hydrogens (tertiary/aromatic N) is 2. The van der Waals surface area contributed by atoms with Crippen molar-refractivity contribution < 1.29 is 9.59 Å². The fourth-order valence-electron chi connectivity index (χ4n) is 2.35. The first-order chi connectivity index (χ1) is 9.47. The Morgan fingerprint density at radius 2 is 1.55 bits per heavy atom. The van der Waals surface area contributed by atoms with Crippen molar-refractivity contribution in [2.45, 2.75) is 20.8 Å². The molecular weight excluding hydrogens is 256 g/mol. The van der Waals surface area contributed by atoms with E-state index in [1.54, 1.807) is 0 Å². The molecule has 0 unspecified atom stereocenters. The lowest BCUT2D eigenvalue weighted by Crippen LogP contribution is -2.50. The van der Waals surface area contributed by atoms with Crippen molar-refractivity contribution in [2.75, 3.05) is 52.4 Å². The molecular formula is C14H28N4O2. The zero-order chi connectivity index (χ0) is 15.0. The Hall–Kier alpha value is -1.14. The topological polar surface area (TPSA) is 64.7 Å². The Bertz CT molecular complexity index is 312. The molecule has 0 atom stereocenters. The van der Waals surface area contributed by atoms with Crippen LogP contribution in [0.5, 0.6) is 0 Å². The van der Waals surface area contributed by atoms with Gasteiger partial charge in [0.15, 0.2) is 0 Å². The van der Waals surface area contributed by atoms with Crippen LogP contribution in [-0.4, -0.2) is 74.0 Å². The van der Waals surface area contributed by atoms with Gasteiger partial charge in [-0.25, -0.2) is 0 Å². The second-order valence-electron chi connectivity index (χ2n) is 5.80. The van der Waals surface area contributed by atoms with Crippen molar-refractivity contribution in [3.63, 3.8) is 0 Å². The lowest BCUT2D eigenvalue weighted by Gasteiger charge is -2.35. The van der Waals surface area contributed by atoms with Gasteiger partial charge in [-0.05, 0) is 5.92 Å². The van der Waals surface area contributed by atoms with E-state index in [0.29, 0.717) is 25.6 Å². The summed E-state index contributed by atoms with van der Waals surface area (Å²) in [6, 6.07) is 0. The fourth-order valence-corrected chi connectivity index (χ4v) is 2.35. The average Bonchev–Trinajstić information content (AvgIpc) is 2.36. The molecule has 1 aliphatic heterocycles. The lowest BCUT2D eigenvalue weighted by atomic mass is 10.2. The minimum atomic E-state index is -0.0690. The molecule has 0 aromatic rings. The van der Waals surface area contributed by atoms with Crippen LogP contribution in [0.1, 0.15) is 20.8 Å². The van der Waals surface area contributed by atoms with Gasteiger partial charge in [-0.2, -0.15) is 0 Å². The first-order valence-corrected chi connectivity index (χ1v) is 7.43. The van der Waals surface area contributed by atoms with E-state index < -0.39 is 0 Å². The maximum Gasteiger partial charge on any atom is 0.234 e. The number of piperazine rings is 1. The van der Waals surface area contributed by atoms with Gasteiger partial charge in [-0.1, -0.05) is 13.8 Å². The standard InChI is InChI=1S/C14H28N4O2/c1-12(2)10-17-6-8-18(9-7-17)11-14(20)16-5-4-15-13(3)19/h12H,4-11H2,1-3H3,(H,15,19)(H,16,20). The first-order valence-electron chi connectivity index (χ1n) is 7.43. The smallest absolute Gasteiger partial charge is 0.234 e. The van der Waals surface area contributed by atoms with E-state index in [1.807, 2.05) is 0 Å². The molecule has 0 bridgehead atoms. The van der Waals surface area contributed by atoms with E-state index in [9.17, 15) is 9.59 Å². The zero-order valence-electron chi connectivity index (χ0n) is 12.9. The van der Waals surface area contributed by atoms with Crippen LogP contribution < -0.4 is 10.6 Å². The van der Waals surface area contributed by atoms with E-state index in [4.69, 9.17) is 0 Å². The quantitative estimate of drug-likeness (QED) is 0.619. The minimum Gasteiger partial charge on any atom is -0.355 e. The lowest BCUT2D eigenvalue weighted by molar-refractivity contribution is -0.123. The molecule has 0 radical (unpaired) electrons. The zero-order valence-corrected chi connectivity index (χ0v) is 12.9. The molecule has 1 heterocycles. The third-order valence-electron chi connectivity index (χ3n) is 3.28. The minimum absolute atomic E-state index is 0.0349. The van der Waals surface area contributed by atoms with E-state index in [2.05, 4.69) is 34.3 Å². The molecule has 0 spiro atoms. The molecule has 20 heavy (non-hydrogen) atoms. The molecule has 6 heteroatoms. The Morgan fingerprint density at radius 3 is 2.10 bits per heavy atom. The van der Waals surface area contributed by atoms with Crippen molar-refractivity contribution in [1.29, 1.82) is 0 Å². The second-order valence-corrected chi connectivity index (χ2v) is 5.80. The molecule has 0 aliphatic carbocycles. The molecule has 0 aromatic carbocycles. The predicted octanol–water partition coefficient (Wildman–Crippen LogP) is -0.488. The molecule has 1 saturated heterocycles. The van der Waals surface area contributed by atoms with Crippen LogP contribution in [0.3, 0.4) is 0 Å². The summed E-state index contributed by atoms with van der Waals surface area (Å²) >= 11 is 0. The van der Waals surface area contributed by atoms with Crippen LogP contribution in [0, 0.1) is 5.92 Å². The van der Waals surface area contributed by atoms with Crippen molar-refractivity contribution in [3.8, 4) is 0 Å². The highest BCUT2D eigenvalue weighted by Crippen LogP contribution is 2.04. The van der Waals surface area contributed by atoms with Gasteiger partial charge in [0, 0.05) is 52.7 Å². The highest BCUT2D eigenvalue weighted by molar-refractivity contribution is 5.78. The van der Waals surface area contributed by atoms with Gasteiger partial charge in [0.05, 0.1) is 6.54 Å². The summed E-state index contributed by atoms with van der Waals surface area (Å²) in [6.07, 6.45) is 0. The number of carbonyl (C=O) groups excluding carboxylic acids is 2. The highest BCUT2D eigenvalue weighted by atomic mass is 16.2. The number of rotatable bonds is 7. The van der Waals surface area contributed by atoms with Crippen LogP contribution in [0.4, 0.5) is 0 Å². The van der Waals surface area contributed by atoms with Crippen LogP contribution in [-0.2, 0) is 9.59 Å². The van der Waals surface area contributed by atoms with E-state index in [0.717, 1.165) is 32.7 Å². The van der Waals surface area contributed by atoms with Crippen LogP contribution >= 0.6 is 0 Å². The summed E-state index contributed by atoms with van der Waals surface area (Å²) in [5.41, 5.74) is 0. The third kappa shape index (κ3) is 7.45. The Labute approximate surface area is 121 Å². The van der Waals surface area contributed by atoms with Crippen LogP contribution in [0.15, 0.2) is 0 Å². The molecule has 2 N–H and O–H groups in total. The summed E-state index contributed by atoms with van der Waals surface area (Å²) in [5.74, 6) is 0.659. The van der Waals surface area contributed by atoms with Gasteiger partial charge in [0.25, 0.3) is 0 Å². The maximum atomic E-state index is 11.7. The monoisotopic (exact) mass is 284 g/mol. The van der Waals surface area contributed by atoms with Gasteiger partial charge >= 0.3 is 0 Å². The summed E-state index contributed by atoms with van der Waals surface area (Å²) in [5, 5.41) is 5.47. The molecule has 0 saturated carbocycles. The largest absolute Gasteiger partial charge is 0.355 e. The Balaban J connectivity index is 2.10. The van der Waals surface area contributed by atoms with Gasteiger partial charge in [0.1, 0.15) is 0 Å². The third-order valence-corrected chi connectivity index (χ3v) is 3.28. The van der Waals surface area contributed by atoms with E-state index in [-0.39, 0.29) is 11.8 Å². The summed E-state index contributed by atoms with van der Waals surface area (Å²) < 4.78 is 0. The molecule has 6 nitrogen and oxygen atoms in total. The fraction of sp³-hybridized carbons (Fsp3) is 0.857. The average molecular weight is 284 g/mol. The van der Waals surface area contributed by atoms with E-state index in [1.165, 1.54) is 6.92 Å². The number of hydrogen-bond acceptors (Lipinski definition) is 4. The van der Waals surface area contributed by atoms with Gasteiger partial charge in [0.2, 0.25) is 11.8 Å². The predicted molar refractivity (Wildman–Crippen MR) is 79.4 cm³/mol. The van der Waals surface area contributed by atoms with Crippen molar-refractivity contribution in [2.24, 2.45) is 5.92 Å². The molecule has 116 valence electrons. The van der Waals surface area contributed by atoms with Crippen LogP contribution in [0.2, 0.25) is 0 Å². The molecule has 1 rings (SSSR count). The second kappa shape index (κ2) is 8.92. The number of carbonyl (C=O) groups is 2. The van der Waals surface area contributed by atoms with Gasteiger partial charge < -0.3 is 15.5 Å². The van der Waals surface area contributed by atoms with Crippen molar-refractivity contribution >= 4 is 11.8 Å². The highest BCUT2D eigenvalue weighted by Gasteiger charge is 2.18. The molecule has 1 aliphatic rings.